The van der Waals surface area contributed by atoms with E-state index in [0.29, 0.717) is 0 Å². The lowest BCUT2D eigenvalue weighted by atomic mass is 9.94. The molecule has 0 heterocycles. The lowest BCUT2D eigenvalue weighted by Crippen LogP contribution is -2.36. The predicted octanol–water partition coefficient (Wildman–Crippen LogP) is 3.09. The van der Waals surface area contributed by atoms with Crippen LogP contribution in [0.4, 0.5) is 13.2 Å². The van der Waals surface area contributed by atoms with Crippen LogP contribution in [0.15, 0.2) is 30.3 Å². The Morgan fingerprint density at radius 3 is 2.32 bits per heavy atom. The molecule has 1 rings (SSSR count). The Bertz CT molecular complexity index is 503. The van der Waals surface area contributed by atoms with Crippen molar-refractivity contribution in [1.29, 1.82) is 0 Å². The molecule has 0 spiro atoms. The molecule has 2 N–H and O–H groups in total. The average Bonchev–Trinajstić information content (AvgIpc) is 2.42. The number of aliphatic carboxylic acids is 1. The summed E-state index contributed by atoms with van der Waals surface area (Å²) in [6, 6.07) is 6.75. The SMILES string of the molecule is CC(CCC(=O)O)NC(=O)CC(c1ccccc1)C(F)(F)F. The molecule has 0 saturated carbocycles. The molecule has 2 unspecified atom stereocenters. The van der Waals surface area contributed by atoms with Crippen LogP contribution in [0.1, 0.15) is 37.7 Å². The van der Waals surface area contributed by atoms with Crippen molar-refractivity contribution >= 4 is 11.9 Å². The number of rotatable bonds is 7. The highest BCUT2D eigenvalue weighted by Crippen LogP contribution is 2.37. The summed E-state index contributed by atoms with van der Waals surface area (Å²) in [5, 5.41) is 10.9. The maximum atomic E-state index is 13.1. The summed E-state index contributed by atoms with van der Waals surface area (Å²) in [7, 11) is 0. The number of carbonyl (C=O) groups is 2. The Morgan fingerprint density at radius 1 is 1.23 bits per heavy atom. The Balaban J connectivity index is 2.67. The Kier molecular flexibility index (Phi) is 6.39. The van der Waals surface area contributed by atoms with Crippen LogP contribution in [0, 0.1) is 0 Å². The van der Waals surface area contributed by atoms with Gasteiger partial charge in [0.05, 0.1) is 5.92 Å². The first-order valence-corrected chi connectivity index (χ1v) is 6.83. The molecule has 0 fully saturated rings. The highest BCUT2D eigenvalue weighted by molar-refractivity contribution is 5.77. The summed E-state index contributed by atoms with van der Waals surface area (Å²) in [6.45, 7) is 1.56. The molecule has 1 amide bonds. The fourth-order valence-electron chi connectivity index (χ4n) is 2.04. The van der Waals surface area contributed by atoms with Gasteiger partial charge in [-0.2, -0.15) is 13.2 Å². The quantitative estimate of drug-likeness (QED) is 0.812. The number of carbonyl (C=O) groups excluding carboxylic acids is 1. The van der Waals surface area contributed by atoms with Gasteiger partial charge < -0.3 is 10.4 Å². The second-order valence-electron chi connectivity index (χ2n) is 5.11. The van der Waals surface area contributed by atoms with Crippen molar-refractivity contribution in [2.24, 2.45) is 0 Å². The predicted molar refractivity (Wildman–Crippen MR) is 74.3 cm³/mol. The van der Waals surface area contributed by atoms with E-state index in [4.69, 9.17) is 5.11 Å². The summed E-state index contributed by atoms with van der Waals surface area (Å²) in [6.07, 6.45) is -5.22. The lowest BCUT2D eigenvalue weighted by Gasteiger charge is -2.21. The van der Waals surface area contributed by atoms with Crippen molar-refractivity contribution in [3.05, 3.63) is 35.9 Å². The molecule has 0 aromatic heterocycles. The van der Waals surface area contributed by atoms with Gasteiger partial charge in [0.2, 0.25) is 5.91 Å². The second kappa shape index (κ2) is 7.82. The Morgan fingerprint density at radius 2 is 1.82 bits per heavy atom. The minimum atomic E-state index is -4.52. The lowest BCUT2D eigenvalue weighted by molar-refractivity contribution is -0.157. The van der Waals surface area contributed by atoms with Gasteiger partial charge in [-0.1, -0.05) is 30.3 Å². The molecular weight excluding hydrogens is 299 g/mol. The molecule has 122 valence electrons. The third-order valence-electron chi connectivity index (χ3n) is 3.19. The monoisotopic (exact) mass is 317 g/mol. The molecule has 4 nitrogen and oxygen atoms in total. The van der Waals surface area contributed by atoms with E-state index in [1.165, 1.54) is 24.3 Å². The summed E-state index contributed by atoms with van der Waals surface area (Å²) in [5.41, 5.74) is 0.0309. The number of hydrogen-bond acceptors (Lipinski definition) is 2. The standard InChI is InChI=1S/C15H18F3NO3/c1-10(7-8-14(21)22)19-13(20)9-12(15(16,17)18)11-5-3-2-4-6-11/h2-6,10,12H,7-9H2,1H3,(H,19,20)(H,21,22). The summed E-state index contributed by atoms with van der Waals surface area (Å²) in [5.74, 6) is -3.64. The molecular formula is C15H18F3NO3. The highest BCUT2D eigenvalue weighted by atomic mass is 19.4. The minimum Gasteiger partial charge on any atom is -0.481 e. The third-order valence-corrected chi connectivity index (χ3v) is 3.19. The molecule has 0 aliphatic carbocycles. The first-order chi connectivity index (χ1) is 10.2. The highest BCUT2D eigenvalue weighted by Gasteiger charge is 2.41. The van der Waals surface area contributed by atoms with E-state index >= 15 is 0 Å². The van der Waals surface area contributed by atoms with Crippen molar-refractivity contribution < 1.29 is 27.9 Å². The van der Waals surface area contributed by atoms with Gasteiger partial charge in [-0.3, -0.25) is 9.59 Å². The molecule has 0 aliphatic rings. The second-order valence-corrected chi connectivity index (χ2v) is 5.11. The number of nitrogens with one attached hydrogen (secondary N) is 1. The maximum absolute atomic E-state index is 13.1. The smallest absolute Gasteiger partial charge is 0.396 e. The zero-order valence-electron chi connectivity index (χ0n) is 12.1. The topological polar surface area (TPSA) is 66.4 Å². The summed E-state index contributed by atoms with van der Waals surface area (Å²) in [4.78, 5) is 22.2. The van der Waals surface area contributed by atoms with Crippen molar-refractivity contribution in [3.8, 4) is 0 Å². The van der Waals surface area contributed by atoms with Crippen LogP contribution in [-0.2, 0) is 9.59 Å². The molecule has 1 aromatic carbocycles. The zero-order chi connectivity index (χ0) is 16.8. The molecule has 7 heteroatoms. The van der Waals surface area contributed by atoms with Crippen LogP contribution in [0.2, 0.25) is 0 Å². The molecule has 0 saturated heterocycles. The van der Waals surface area contributed by atoms with Crippen molar-refractivity contribution in [2.45, 2.75) is 44.3 Å². The van der Waals surface area contributed by atoms with Gasteiger partial charge in [-0.05, 0) is 18.9 Å². The summed E-state index contributed by atoms with van der Waals surface area (Å²) < 4.78 is 39.3. The third kappa shape index (κ3) is 6.15. The van der Waals surface area contributed by atoms with Crippen LogP contribution in [-0.4, -0.2) is 29.2 Å². The Hall–Kier alpha value is -2.05. The van der Waals surface area contributed by atoms with Crippen molar-refractivity contribution in [3.63, 3.8) is 0 Å². The van der Waals surface area contributed by atoms with Gasteiger partial charge in [0.25, 0.3) is 0 Å². The van der Waals surface area contributed by atoms with E-state index in [2.05, 4.69) is 5.32 Å². The minimum absolute atomic E-state index is 0.0309. The van der Waals surface area contributed by atoms with Gasteiger partial charge in [-0.25, -0.2) is 0 Å². The first-order valence-electron chi connectivity index (χ1n) is 6.83. The fraction of sp³-hybridized carbons (Fsp3) is 0.467. The number of hydrogen-bond donors (Lipinski definition) is 2. The number of halogens is 3. The van der Waals surface area contributed by atoms with Gasteiger partial charge in [-0.15, -0.1) is 0 Å². The van der Waals surface area contributed by atoms with E-state index in [-0.39, 0.29) is 18.4 Å². The molecule has 22 heavy (non-hydrogen) atoms. The first kappa shape index (κ1) is 18.0. The van der Waals surface area contributed by atoms with Crippen LogP contribution in [0.3, 0.4) is 0 Å². The molecule has 2 atom stereocenters. The van der Waals surface area contributed by atoms with Gasteiger partial charge in [0.15, 0.2) is 0 Å². The molecule has 0 aliphatic heterocycles. The zero-order valence-corrected chi connectivity index (χ0v) is 12.1. The van der Waals surface area contributed by atoms with E-state index < -0.39 is 36.4 Å². The van der Waals surface area contributed by atoms with Gasteiger partial charge >= 0.3 is 12.1 Å². The van der Waals surface area contributed by atoms with Crippen LogP contribution in [0.25, 0.3) is 0 Å². The van der Waals surface area contributed by atoms with E-state index in [1.807, 2.05) is 0 Å². The largest absolute Gasteiger partial charge is 0.481 e. The van der Waals surface area contributed by atoms with Crippen LogP contribution >= 0.6 is 0 Å². The molecule has 0 bridgehead atoms. The van der Waals surface area contributed by atoms with E-state index in [1.54, 1.807) is 13.0 Å². The van der Waals surface area contributed by atoms with Crippen molar-refractivity contribution in [1.82, 2.24) is 5.32 Å². The van der Waals surface area contributed by atoms with Gasteiger partial charge in [0.1, 0.15) is 0 Å². The van der Waals surface area contributed by atoms with E-state index in [0.717, 1.165) is 0 Å². The molecule has 0 radical (unpaired) electrons. The normalized spacial score (nSPS) is 14.2. The number of alkyl halides is 3. The number of amides is 1. The molecule has 1 aromatic rings. The number of carboxylic acid groups (broad SMARTS) is 1. The average molecular weight is 317 g/mol. The van der Waals surface area contributed by atoms with Crippen LogP contribution < -0.4 is 5.32 Å². The number of carboxylic acids is 1. The fourth-order valence-corrected chi connectivity index (χ4v) is 2.04. The maximum Gasteiger partial charge on any atom is 0.396 e. The van der Waals surface area contributed by atoms with Crippen molar-refractivity contribution in [2.75, 3.05) is 0 Å². The Labute approximate surface area is 126 Å². The summed E-state index contributed by atoms with van der Waals surface area (Å²) >= 11 is 0. The number of benzene rings is 1. The van der Waals surface area contributed by atoms with Gasteiger partial charge in [0, 0.05) is 18.9 Å². The van der Waals surface area contributed by atoms with Crippen LogP contribution in [0.5, 0.6) is 0 Å². The van der Waals surface area contributed by atoms with E-state index in [9.17, 15) is 22.8 Å².